The second kappa shape index (κ2) is 7.31. The van der Waals surface area contributed by atoms with E-state index in [0.717, 1.165) is 0 Å². The maximum Gasteiger partial charge on any atom is 0.156 e. The van der Waals surface area contributed by atoms with Crippen molar-refractivity contribution < 1.29 is 9.13 Å². The lowest BCUT2D eigenvalue weighted by Gasteiger charge is -2.09. The summed E-state index contributed by atoms with van der Waals surface area (Å²) in [5.41, 5.74) is 1.44. The number of allylic oxidation sites excluding steroid dienone is 1. The van der Waals surface area contributed by atoms with Gasteiger partial charge in [0.15, 0.2) is 5.75 Å². The summed E-state index contributed by atoms with van der Waals surface area (Å²) in [6, 6.07) is 11.2. The summed E-state index contributed by atoms with van der Waals surface area (Å²) in [6.07, 6.45) is 1.60. The Bertz CT molecular complexity index is 742. The van der Waals surface area contributed by atoms with E-state index < -0.39 is 5.82 Å². The summed E-state index contributed by atoms with van der Waals surface area (Å²) >= 11 is 12.3. The zero-order chi connectivity index (χ0) is 16.1. The van der Waals surface area contributed by atoms with Crippen LogP contribution in [0.25, 0.3) is 11.6 Å². The van der Waals surface area contributed by atoms with Crippen LogP contribution < -0.4 is 4.74 Å². The number of hydrogen-bond donors (Lipinski definition) is 0. The minimum absolute atomic E-state index is 0.316. The number of rotatable bonds is 4. The Morgan fingerprint density at radius 3 is 2.50 bits per heavy atom. The zero-order valence-corrected chi connectivity index (χ0v) is 13.2. The number of benzene rings is 2. The van der Waals surface area contributed by atoms with Crippen LogP contribution in [-0.4, -0.2) is 6.61 Å². The maximum atomic E-state index is 13.3. The van der Waals surface area contributed by atoms with Gasteiger partial charge in [0, 0.05) is 0 Å². The van der Waals surface area contributed by atoms with Crippen LogP contribution in [0.5, 0.6) is 5.75 Å². The molecule has 0 N–H and O–H groups in total. The first-order chi connectivity index (χ1) is 10.5. The summed E-state index contributed by atoms with van der Waals surface area (Å²) in [7, 11) is 0. The molecule has 0 unspecified atom stereocenters. The molecule has 0 spiro atoms. The van der Waals surface area contributed by atoms with Gasteiger partial charge in [-0.3, -0.25) is 0 Å². The van der Waals surface area contributed by atoms with Gasteiger partial charge in [-0.1, -0.05) is 35.3 Å². The quantitative estimate of drug-likeness (QED) is 0.538. The van der Waals surface area contributed by atoms with Crippen molar-refractivity contribution in [2.45, 2.75) is 6.92 Å². The average Bonchev–Trinajstić information content (AvgIpc) is 2.48. The van der Waals surface area contributed by atoms with Gasteiger partial charge in [0.05, 0.1) is 28.3 Å². The average molecular weight is 336 g/mol. The van der Waals surface area contributed by atoms with Gasteiger partial charge in [0.2, 0.25) is 0 Å². The Hall–Kier alpha value is -2.02. The summed E-state index contributed by atoms with van der Waals surface area (Å²) in [6.45, 7) is 2.28. The smallest absolute Gasteiger partial charge is 0.156 e. The topological polar surface area (TPSA) is 33.0 Å². The van der Waals surface area contributed by atoms with E-state index in [-0.39, 0.29) is 0 Å². The molecule has 0 radical (unpaired) electrons. The molecule has 0 bridgehead atoms. The van der Waals surface area contributed by atoms with Crippen molar-refractivity contribution in [2.24, 2.45) is 0 Å². The van der Waals surface area contributed by atoms with Crippen molar-refractivity contribution in [3.63, 3.8) is 0 Å². The van der Waals surface area contributed by atoms with E-state index >= 15 is 0 Å². The summed E-state index contributed by atoms with van der Waals surface area (Å²) in [5, 5.41) is 9.99. The summed E-state index contributed by atoms with van der Waals surface area (Å²) < 4.78 is 18.6. The van der Waals surface area contributed by atoms with Gasteiger partial charge in [-0.15, -0.1) is 0 Å². The zero-order valence-electron chi connectivity index (χ0n) is 11.7. The highest BCUT2D eigenvalue weighted by Crippen LogP contribution is 2.35. The minimum Gasteiger partial charge on any atom is -0.491 e. The highest BCUT2D eigenvalue weighted by molar-refractivity contribution is 6.37. The van der Waals surface area contributed by atoms with E-state index in [9.17, 15) is 9.65 Å². The molecular formula is C17H12Cl2FNO. The van der Waals surface area contributed by atoms with Crippen molar-refractivity contribution in [1.82, 2.24) is 0 Å². The van der Waals surface area contributed by atoms with Crippen molar-refractivity contribution in [3.05, 3.63) is 63.4 Å². The lowest BCUT2D eigenvalue weighted by Crippen LogP contribution is -1.93. The third kappa shape index (κ3) is 3.79. The summed E-state index contributed by atoms with van der Waals surface area (Å²) in [5.74, 6) is 0.00801. The van der Waals surface area contributed by atoms with Crippen LogP contribution in [0.1, 0.15) is 18.1 Å². The fourth-order valence-electron chi connectivity index (χ4n) is 1.95. The van der Waals surface area contributed by atoms with Gasteiger partial charge in [-0.05, 0) is 48.4 Å². The van der Waals surface area contributed by atoms with Crippen LogP contribution >= 0.6 is 23.2 Å². The normalized spacial score (nSPS) is 11.1. The van der Waals surface area contributed by atoms with Gasteiger partial charge < -0.3 is 4.74 Å². The SMILES string of the molecule is CCOc1c(Cl)cc(/C=C(/C#N)c2cccc(F)c2)cc1Cl. The fourth-order valence-corrected chi connectivity index (χ4v) is 2.56. The molecule has 0 aliphatic carbocycles. The molecule has 2 aromatic rings. The maximum absolute atomic E-state index is 13.3. The van der Waals surface area contributed by atoms with Crippen molar-refractivity contribution in [3.8, 4) is 11.8 Å². The Labute approximate surface area is 138 Å². The van der Waals surface area contributed by atoms with Crippen LogP contribution in [-0.2, 0) is 0 Å². The predicted molar refractivity (Wildman–Crippen MR) is 87.5 cm³/mol. The molecule has 0 atom stereocenters. The Morgan fingerprint density at radius 2 is 1.95 bits per heavy atom. The van der Waals surface area contributed by atoms with Crippen LogP contribution in [0, 0.1) is 17.1 Å². The molecule has 2 aromatic carbocycles. The number of nitriles is 1. The number of halogens is 3. The number of nitrogens with zero attached hydrogens (tertiary/aromatic N) is 1. The molecule has 112 valence electrons. The molecule has 0 aliphatic heterocycles. The monoisotopic (exact) mass is 335 g/mol. The molecule has 2 nitrogen and oxygen atoms in total. The molecule has 5 heteroatoms. The van der Waals surface area contributed by atoms with E-state index in [1.165, 1.54) is 12.1 Å². The Morgan fingerprint density at radius 1 is 1.27 bits per heavy atom. The number of hydrogen-bond acceptors (Lipinski definition) is 2. The largest absolute Gasteiger partial charge is 0.491 e. The van der Waals surface area contributed by atoms with Gasteiger partial charge in [-0.25, -0.2) is 4.39 Å². The first kappa shape index (κ1) is 16.4. The second-order valence-corrected chi connectivity index (χ2v) is 5.24. The van der Waals surface area contributed by atoms with E-state index in [1.54, 1.807) is 30.3 Å². The first-order valence-corrected chi connectivity index (χ1v) is 7.30. The molecule has 0 fully saturated rings. The molecule has 0 saturated carbocycles. The van der Waals surface area contributed by atoms with Gasteiger partial charge in [0.1, 0.15) is 5.82 Å². The summed E-state index contributed by atoms with van der Waals surface area (Å²) in [4.78, 5) is 0. The van der Waals surface area contributed by atoms with Crippen molar-refractivity contribution in [2.75, 3.05) is 6.61 Å². The minimum atomic E-state index is -0.401. The molecule has 2 rings (SSSR count). The highest BCUT2D eigenvalue weighted by Gasteiger charge is 2.10. The van der Waals surface area contributed by atoms with E-state index in [2.05, 4.69) is 0 Å². The van der Waals surface area contributed by atoms with Crippen molar-refractivity contribution in [1.29, 1.82) is 5.26 Å². The van der Waals surface area contributed by atoms with E-state index in [1.807, 2.05) is 13.0 Å². The third-order valence-electron chi connectivity index (χ3n) is 2.88. The van der Waals surface area contributed by atoms with Crippen LogP contribution in [0.15, 0.2) is 36.4 Å². The lowest BCUT2D eigenvalue weighted by atomic mass is 10.0. The van der Waals surface area contributed by atoms with Crippen LogP contribution in [0.2, 0.25) is 10.0 Å². The predicted octanol–water partition coefficient (Wildman–Crippen LogP) is 5.60. The van der Waals surface area contributed by atoms with Crippen molar-refractivity contribution >= 4 is 34.9 Å². The number of ether oxygens (including phenoxy) is 1. The Balaban J connectivity index is 2.45. The molecule has 22 heavy (non-hydrogen) atoms. The lowest BCUT2D eigenvalue weighted by molar-refractivity contribution is 0.340. The standard InChI is InChI=1S/C17H12Cl2FNO/c1-2-22-17-15(18)7-11(8-16(17)19)6-13(10-21)12-4-3-5-14(20)9-12/h3-9H,2H2,1H3/b13-6-. The van der Waals surface area contributed by atoms with Crippen LogP contribution in [0.3, 0.4) is 0 Å². The van der Waals surface area contributed by atoms with Gasteiger partial charge in [0.25, 0.3) is 0 Å². The molecule has 0 saturated heterocycles. The molecule has 0 aliphatic rings. The van der Waals surface area contributed by atoms with E-state index in [4.69, 9.17) is 27.9 Å². The van der Waals surface area contributed by atoms with E-state index in [0.29, 0.717) is 39.1 Å². The molecular weight excluding hydrogens is 324 g/mol. The fraction of sp³-hybridized carbons (Fsp3) is 0.118. The van der Waals surface area contributed by atoms with Gasteiger partial charge in [-0.2, -0.15) is 5.26 Å². The molecule has 0 amide bonds. The molecule has 0 aromatic heterocycles. The Kier molecular flexibility index (Phi) is 5.43. The highest BCUT2D eigenvalue weighted by atomic mass is 35.5. The van der Waals surface area contributed by atoms with Gasteiger partial charge >= 0.3 is 0 Å². The third-order valence-corrected chi connectivity index (χ3v) is 3.44. The van der Waals surface area contributed by atoms with Crippen LogP contribution in [0.4, 0.5) is 4.39 Å². The second-order valence-electron chi connectivity index (χ2n) is 4.43. The first-order valence-electron chi connectivity index (χ1n) is 6.54. The molecule has 0 heterocycles.